The Morgan fingerprint density at radius 3 is 2.70 bits per heavy atom. The molecular weight excluding hydrogens is 306 g/mol. The smallest absolute Gasteiger partial charge is 0.273 e. The van der Waals surface area contributed by atoms with E-state index in [0.717, 1.165) is 25.0 Å². The number of benzene rings is 1. The molecule has 3 rings (SSSR count). The van der Waals surface area contributed by atoms with Gasteiger partial charge in [0.1, 0.15) is 5.69 Å². The van der Waals surface area contributed by atoms with Gasteiger partial charge in [-0.2, -0.15) is 0 Å². The molecule has 0 radical (unpaired) electrons. The Labute approximate surface area is 130 Å². The van der Waals surface area contributed by atoms with E-state index in [0.29, 0.717) is 0 Å². The first-order valence-corrected chi connectivity index (χ1v) is 7.23. The SMILES string of the molecule is O=C(CCc1nnc(-c2ccc(F)c(F)c2)[nH]c1=O)NC1CC1. The zero-order valence-electron chi connectivity index (χ0n) is 12.1. The van der Waals surface area contributed by atoms with E-state index in [1.165, 1.54) is 6.07 Å². The molecule has 0 saturated heterocycles. The van der Waals surface area contributed by atoms with Gasteiger partial charge < -0.3 is 10.3 Å². The summed E-state index contributed by atoms with van der Waals surface area (Å²) in [5, 5.41) is 10.4. The summed E-state index contributed by atoms with van der Waals surface area (Å²) in [6.45, 7) is 0. The van der Waals surface area contributed by atoms with Gasteiger partial charge in [0.05, 0.1) is 0 Å². The number of carbonyl (C=O) groups is 1. The molecule has 1 fully saturated rings. The van der Waals surface area contributed by atoms with E-state index in [1.54, 1.807) is 0 Å². The molecule has 1 aliphatic rings. The molecule has 8 heteroatoms. The number of aryl methyl sites for hydroxylation is 1. The molecule has 1 aromatic heterocycles. The lowest BCUT2D eigenvalue weighted by Gasteiger charge is -2.04. The number of H-pyrrole nitrogens is 1. The van der Waals surface area contributed by atoms with Crippen LogP contribution in [0.4, 0.5) is 8.78 Å². The third-order valence-corrected chi connectivity index (χ3v) is 3.49. The predicted molar refractivity (Wildman–Crippen MR) is 77.5 cm³/mol. The molecule has 23 heavy (non-hydrogen) atoms. The number of hydrogen-bond donors (Lipinski definition) is 2. The van der Waals surface area contributed by atoms with Crippen molar-refractivity contribution in [3.8, 4) is 11.4 Å². The van der Waals surface area contributed by atoms with E-state index in [4.69, 9.17) is 0 Å². The fourth-order valence-corrected chi connectivity index (χ4v) is 2.06. The highest BCUT2D eigenvalue weighted by atomic mass is 19.2. The minimum absolute atomic E-state index is 0.0417. The maximum Gasteiger partial charge on any atom is 0.273 e. The van der Waals surface area contributed by atoms with Gasteiger partial charge in [0.2, 0.25) is 5.91 Å². The second-order valence-corrected chi connectivity index (χ2v) is 5.42. The molecule has 0 atom stereocenters. The number of nitrogens with zero attached hydrogens (tertiary/aromatic N) is 2. The Bertz CT molecular complexity index is 802. The monoisotopic (exact) mass is 320 g/mol. The molecule has 1 amide bonds. The molecule has 120 valence electrons. The largest absolute Gasteiger partial charge is 0.353 e. The number of halogens is 2. The van der Waals surface area contributed by atoms with E-state index in [9.17, 15) is 18.4 Å². The molecule has 0 spiro atoms. The van der Waals surface area contributed by atoms with Crippen molar-refractivity contribution < 1.29 is 13.6 Å². The van der Waals surface area contributed by atoms with Gasteiger partial charge in [-0.1, -0.05) is 0 Å². The van der Waals surface area contributed by atoms with Crippen LogP contribution in [0, 0.1) is 11.6 Å². The molecule has 1 aromatic carbocycles. The summed E-state index contributed by atoms with van der Waals surface area (Å²) in [5.41, 5.74) is -0.159. The number of carbonyl (C=O) groups excluding carboxylic acids is 1. The second-order valence-electron chi connectivity index (χ2n) is 5.42. The number of aromatic amines is 1. The summed E-state index contributed by atoms with van der Waals surface area (Å²) < 4.78 is 26.1. The number of amides is 1. The first kappa shape index (κ1) is 15.3. The molecule has 2 aromatic rings. The Morgan fingerprint density at radius 1 is 1.26 bits per heavy atom. The van der Waals surface area contributed by atoms with Crippen LogP contribution in [0.2, 0.25) is 0 Å². The van der Waals surface area contributed by atoms with Gasteiger partial charge in [-0.05, 0) is 31.0 Å². The Morgan fingerprint density at radius 2 is 2.04 bits per heavy atom. The minimum atomic E-state index is -1.04. The normalized spacial score (nSPS) is 13.8. The summed E-state index contributed by atoms with van der Waals surface area (Å²) in [6, 6.07) is 3.43. The topological polar surface area (TPSA) is 87.7 Å². The third-order valence-electron chi connectivity index (χ3n) is 3.49. The summed E-state index contributed by atoms with van der Waals surface area (Å²) in [5.74, 6) is -2.10. The van der Waals surface area contributed by atoms with Gasteiger partial charge >= 0.3 is 0 Å². The zero-order chi connectivity index (χ0) is 16.4. The van der Waals surface area contributed by atoms with Crippen molar-refractivity contribution in [1.29, 1.82) is 0 Å². The molecule has 1 aliphatic carbocycles. The number of hydrogen-bond acceptors (Lipinski definition) is 4. The van der Waals surface area contributed by atoms with Crippen molar-refractivity contribution in [2.45, 2.75) is 31.7 Å². The highest BCUT2D eigenvalue weighted by molar-refractivity contribution is 5.76. The van der Waals surface area contributed by atoms with Crippen molar-refractivity contribution in [1.82, 2.24) is 20.5 Å². The second kappa shape index (κ2) is 6.23. The van der Waals surface area contributed by atoms with Gasteiger partial charge in [-0.3, -0.25) is 9.59 Å². The molecule has 1 heterocycles. The van der Waals surface area contributed by atoms with Crippen LogP contribution < -0.4 is 10.9 Å². The zero-order valence-corrected chi connectivity index (χ0v) is 12.1. The van der Waals surface area contributed by atoms with Crippen molar-refractivity contribution in [3.63, 3.8) is 0 Å². The predicted octanol–water partition coefficient (Wildman–Crippen LogP) is 1.32. The van der Waals surface area contributed by atoms with Crippen LogP contribution in [0.5, 0.6) is 0 Å². The first-order valence-electron chi connectivity index (χ1n) is 7.23. The van der Waals surface area contributed by atoms with E-state index < -0.39 is 17.2 Å². The fraction of sp³-hybridized carbons (Fsp3) is 0.333. The van der Waals surface area contributed by atoms with Gasteiger partial charge in [0, 0.05) is 24.4 Å². The lowest BCUT2D eigenvalue weighted by molar-refractivity contribution is -0.121. The highest BCUT2D eigenvalue weighted by Crippen LogP contribution is 2.19. The van der Waals surface area contributed by atoms with Crippen molar-refractivity contribution in [2.24, 2.45) is 0 Å². The van der Waals surface area contributed by atoms with Gasteiger partial charge in [0.25, 0.3) is 5.56 Å². The number of nitrogens with one attached hydrogen (secondary N) is 2. The van der Waals surface area contributed by atoms with Gasteiger partial charge in [0.15, 0.2) is 17.5 Å². The summed E-state index contributed by atoms with van der Waals surface area (Å²) in [7, 11) is 0. The van der Waals surface area contributed by atoms with Crippen LogP contribution >= 0.6 is 0 Å². The molecule has 0 bridgehead atoms. The Kier molecular flexibility index (Phi) is 4.14. The molecule has 0 aliphatic heterocycles. The average molecular weight is 320 g/mol. The summed E-state index contributed by atoms with van der Waals surface area (Å²) in [6.07, 6.45) is 2.31. The molecule has 1 saturated carbocycles. The summed E-state index contributed by atoms with van der Waals surface area (Å²) in [4.78, 5) is 26.0. The van der Waals surface area contributed by atoms with E-state index in [1.807, 2.05) is 0 Å². The molecule has 0 unspecified atom stereocenters. The van der Waals surface area contributed by atoms with Crippen LogP contribution in [0.1, 0.15) is 25.0 Å². The lowest BCUT2D eigenvalue weighted by Crippen LogP contribution is -2.27. The van der Waals surface area contributed by atoms with E-state index in [2.05, 4.69) is 20.5 Å². The quantitative estimate of drug-likeness (QED) is 0.870. The molecule has 6 nitrogen and oxygen atoms in total. The fourth-order valence-electron chi connectivity index (χ4n) is 2.06. The van der Waals surface area contributed by atoms with Crippen LogP contribution in [0.3, 0.4) is 0 Å². The van der Waals surface area contributed by atoms with Crippen LogP contribution in [0.25, 0.3) is 11.4 Å². The van der Waals surface area contributed by atoms with E-state index in [-0.39, 0.29) is 41.9 Å². The first-order chi connectivity index (χ1) is 11.0. The van der Waals surface area contributed by atoms with Crippen molar-refractivity contribution >= 4 is 5.91 Å². The maximum atomic E-state index is 13.2. The van der Waals surface area contributed by atoms with Gasteiger partial charge in [-0.25, -0.2) is 8.78 Å². The van der Waals surface area contributed by atoms with Crippen LogP contribution in [0.15, 0.2) is 23.0 Å². The van der Waals surface area contributed by atoms with E-state index >= 15 is 0 Å². The van der Waals surface area contributed by atoms with Gasteiger partial charge in [-0.15, -0.1) is 10.2 Å². The number of rotatable bonds is 5. The summed E-state index contributed by atoms with van der Waals surface area (Å²) >= 11 is 0. The average Bonchev–Trinajstić information content (AvgIpc) is 3.32. The third kappa shape index (κ3) is 3.77. The maximum absolute atomic E-state index is 13.2. The number of aromatic nitrogens is 3. The minimum Gasteiger partial charge on any atom is -0.353 e. The standard InChI is InChI=1S/C15H14F2N4O2/c16-10-4-1-8(7-11(10)17)14-19-15(23)12(20-21-14)5-6-13(22)18-9-2-3-9/h1,4,7,9H,2-3,5-6H2,(H,18,22)(H,19,21,23). The van der Waals surface area contributed by atoms with Crippen molar-refractivity contribution in [2.75, 3.05) is 0 Å². The Balaban J connectivity index is 1.70. The van der Waals surface area contributed by atoms with Crippen molar-refractivity contribution in [3.05, 3.63) is 45.9 Å². The Hall–Kier alpha value is -2.64. The highest BCUT2D eigenvalue weighted by Gasteiger charge is 2.23. The molecular formula is C15H14F2N4O2. The van der Waals surface area contributed by atoms with Crippen LogP contribution in [-0.4, -0.2) is 27.1 Å². The lowest BCUT2D eigenvalue weighted by atomic mass is 10.2. The van der Waals surface area contributed by atoms with Crippen LogP contribution in [-0.2, 0) is 11.2 Å². The molecule has 2 N–H and O–H groups in total.